The van der Waals surface area contributed by atoms with Crippen LogP contribution >= 0.6 is 11.9 Å². The molecule has 0 fully saturated rings. The molecule has 0 unspecified atom stereocenters. The van der Waals surface area contributed by atoms with Crippen LogP contribution < -0.4 is 14.8 Å². The highest BCUT2D eigenvalue weighted by Crippen LogP contribution is 2.34. The Labute approximate surface area is 177 Å². The number of aromatic hydroxyl groups is 1. The number of aromatic nitrogens is 2. The molecule has 8 heteroatoms. The van der Waals surface area contributed by atoms with Crippen LogP contribution in [0.1, 0.15) is 0 Å². The number of rotatable bonds is 6. The summed E-state index contributed by atoms with van der Waals surface area (Å²) in [7, 11) is 1.50. The molecule has 0 aliphatic rings. The average molecular weight is 422 g/mol. The van der Waals surface area contributed by atoms with Crippen molar-refractivity contribution >= 4 is 40.0 Å². The molecule has 3 N–H and O–H groups in total. The second-order valence-electron chi connectivity index (χ2n) is 6.47. The van der Waals surface area contributed by atoms with Crippen molar-refractivity contribution in [3.8, 4) is 22.6 Å². The van der Waals surface area contributed by atoms with Crippen molar-refractivity contribution in [2.24, 2.45) is 0 Å². The maximum atomic E-state index is 14.4. The van der Waals surface area contributed by atoms with Gasteiger partial charge < -0.3 is 19.9 Å². The summed E-state index contributed by atoms with van der Waals surface area (Å²) in [6.45, 7) is 0. The molecular formula is C22H19FN4O2S. The molecule has 0 bridgehead atoms. The summed E-state index contributed by atoms with van der Waals surface area (Å²) >= 11 is 1.43. The van der Waals surface area contributed by atoms with Gasteiger partial charge in [0.2, 0.25) is 0 Å². The Morgan fingerprint density at radius 2 is 1.80 bits per heavy atom. The summed E-state index contributed by atoms with van der Waals surface area (Å²) in [6, 6.07) is 15.6. The van der Waals surface area contributed by atoms with Crippen LogP contribution in [0.15, 0.2) is 60.9 Å². The normalized spacial score (nSPS) is 10.8. The third-order valence-corrected chi connectivity index (χ3v) is 5.03. The summed E-state index contributed by atoms with van der Waals surface area (Å²) in [5, 5.41) is 13.7. The van der Waals surface area contributed by atoms with E-state index in [2.05, 4.69) is 20.0 Å². The van der Waals surface area contributed by atoms with E-state index in [4.69, 9.17) is 4.74 Å². The van der Waals surface area contributed by atoms with Crippen molar-refractivity contribution in [3.05, 3.63) is 66.7 Å². The van der Waals surface area contributed by atoms with E-state index < -0.39 is 0 Å². The lowest BCUT2D eigenvalue weighted by Crippen LogP contribution is -1.99. The minimum Gasteiger partial charge on any atom is -0.504 e. The number of benzene rings is 3. The lowest BCUT2D eigenvalue weighted by Gasteiger charge is -2.12. The number of phenolic OH excluding ortho intramolecular Hbond substituents is 1. The quantitative estimate of drug-likeness (QED) is 0.350. The minimum atomic E-state index is -0.382. The van der Waals surface area contributed by atoms with Crippen molar-refractivity contribution in [1.29, 1.82) is 0 Å². The maximum Gasteiger partial charge on any atom is 0.161 e. The van der Waals surface area contributed by atoms with Crippen LogP contribution in [0, 0.1) is 5.82 Å². The number of hydrogen-bond acceptors (Lipinski definition) is 7. The van der Waals surface area contributed by atoms with Gasteiger partial charge in [0.15, 0.2) is 11.5 Å². The van der Waals surface area contributed by atoms with Gasteiger partial charge in [-0.2, -0.15) is 0 Å². The van der Waals surface area contributed by atoms with Crippen LogP contribution in [0.25, 0.3) is 22.0 Å². The highest BCUT2D eigenvalue weighted by Gasteiger charge is 2.11. The second-order valence-corrected chi connectivity index (χ2v) is 7.08. The van der Waals surface area contributed by atoms with Crippen LogP contribution in [0.3, 0.4) is 0 Å². The van der Waals surface area contributed by atoms with Gasteiger partial charge in [0.25, 0.3) is 0 Å². The molecule has 0 aliphatic heterocycles. The van der Waals surface area contributed by atoms with E-state index >= 15 is 0 Å². The van der Waals surface area contributed by atoms with Crippen molar-refractivity contribution < 1.29 is 14.2 Å². The zero-order valence-corrected chi connectivity index (χ0v) is 17.1. The summed E-state index contributed by atoms with van der Waals surface area (Å²) in [4.78, 5) is 8.63. The van der Waals surface area contributed by atoms with Gasteiger partial charge in [-0.05, 0) is 53.6 Å². The highest BCUT2D eigenvalue weighted by atomic mass is 32.2. The third kappa shape index (κ3) is 3.95. The van der Waals surface area contributed by atoms with Gasteiger partial charge >= 0.3 is 0 Å². The highest BCUT2D eigenvalue weighted by molar-refractivity contribution is 7.99. The monoisotopic (exact) mass is 422 g/mol. The van der Waals surface area contributed by atoms with E-state index in [1.54, 1.807) is 30.3 Å². The topological polar surface area (TPSA) is 79.3 Å². The van der Waals surface area contributed by atoms with Crippen LogP contribution in [0.2, 0.25) is 0 Å². The molecule has 0 amide bonds. The zero-order valence-electron chi connectivity index (χ0n) is 16.3. The molecule has 1 aromatic heterocycles. The molecule has 0 saturated heterocycles. The fraction of sp³-hybridized carbons (Fsp3) is 0.0909. The smallest absolute Gasteiger partial charge is 0.161 e. The molecule has 3 aromatic carbocycles. The molecule has 6 nitrogen and oxygen atoms in total. The molecule has 30 heavy (non-hydrogen) atoms. The van der Waals surface area contributed by atoms with E-state index in [1.165, 1.54) is 31.5 Å². The fourth-order valence-electron chi connectivity index (χ4n) is 3.12. The lowest BCUT2D eigenvalue weighted by molar-refractivity contribution is 0.373. The minimum absolute atomic E-state index is 0.0712. The van der Waals surface area contributed by atoms with Gasteiger partial charge in [-0.15, -0.1) is 0 Å². The molecule has 0 saturated carbocycles. The average Bonchev–Trinajstić information content (AvgIpc) is 2.76. The van der Waals surface area contributed by atoms with Crippen molar-refractivity contribution in [3.63, 3.8) is 0 Å². The van der Waals surface area contributed by atoms with E-state index in [-0.39, 0.29) is 11.6 Å². The maximum absolute atomic E-state index is 14.4. The number of nitrogens with zero attached hydrogens (tertiary/aromatic N) is 2. The van der Waals surface area contributed by atoms with Gasteiger partial charge in [-0.25, -0.2) is 14.4 Å². The van der Waals surface area contributed by atoms with Gasteiger partial charge in [-0.3, -0.25) is 0 Å². The van der Waals surface area contributed by atoms with Gasteiger partial charge in [0.1, 0.15) is 18.0 Å². The third-order valence-electron chi connectivity index (χ3n) is 4.59. The zero-order chi connectivity index (χ0) is 21.1. The Morgan fingerprint density at radius 3 is 2.60 bits per heavy atom. The number of ether oxygens (including phenoxy) is 1. The number of methoxy groups -OCH3 is 1. The molecule has 4 rings (SSSR count). The first-order valence-electron chi connectivity index (χ1n) is 9.07. The van der Waals surface area contributed by atoms with Gasteiger partial charge in [0.05, 0.1) is 18.3 Å². The number of nitrogens with one attached hydrogen (secondary N) is 2. The van der Waals surface area contributed by atoms with Crippen molar-refractivity contribution in [2.45, 2.75) is 0 Å². The fourth-order valence-corrected chi connectivity index (χ4v) is 3.49. The Kier molecular flexibility index (Phi) is 5.58. The molecule has 0 spiro atoms. The SMILES string of the molecule is COc1cc(-c2ccc3ncnc(Nc4cc(NSC)ccc4F)c3c2)ccc1O. The predicted molar refractivity (Wildman–Crippen MR) is 120 cm³/mol. The number of hydrogen-bond donors (Lipinski definition) is 3. The van der Waals surface area contributed by atoms with Crippen molar-refractivity contribution in [1.82, 2.24) is 9.97 Å². The van der Waals surface area contributed by atoms with Crippen LogP contribution in [-0.4, -0.2) is 28.4 Å². The van der Waals surface area contributed by atoms with Crippen LogP contribution in [-0.2, 0) is 0 Å². The molecule has 4 aromatic rings. The Morgan fingerprint density at radius 1 is 1.00 bits per heavy atom. The molecule has 152 valence electrons. The first kappa shape index (κ1) is 19.8. The number of anilines is 3. The van der Waals surface area contributed by atoms with Crippen molar-refractivity contribution in [2.75, 3.05) is 23.4 Å². The van der Waals surface area contributed by atoms with Gasteiger partial charge in [0, 0.05) is 17.3 Å². The van der Waals surface area contributed by atoms with E-state index in [0.29, 0.717) is 17.3 Å². The first-order valence-corrected chi connectivity index (χ1v) is 10.3. The molecule has 1 heterocycles. The number of fused-ring (bicyclic) bond motifs is 1. The summed E-state index contributed by atoms with van der Waals surface area (Å²) in [5.41, 5.74) is 3.56. The summed E-state index contributed by atoms with van der Waals surface area (Å²) in [5.74, 6) is 0.568. The number of phenols is 1. The largest absolute Gasteiger partial charge is 0.504 e. The molecule has 0 aliphatic carbocycles. The summed E-state index contributed by atoms with van der Waals surface area (Å²) < 4.78 is 22.7. The summed E-state index contributed by atoms with van der Waals surface area (Å²) in [6.07, 6.45) is 3.34. The predicted octanol–water partition coefficient (Wildman–Crippen LogP) is 5.58. The number of halogens is 1. The lowest BCUT2D eigenvalue weighted by atomic mass is 10.0. The Hall–Kier alpha value is -3.52. The van der Waals surface area contributed by atoms with E-state index in [9.17, 15) is 9.50 Å². The van der Waals surface area contributed by atoms with Crippen LogP contribution in [0.5, 0.6) is 11.5 Å². The first-order chi connectivity index (χ1) is 14.6. The van der Waals surface area contributed by atoms with E-state index in [1.807, 2.05) is 24.5 Å². The van der Waals surface area contributed by atoms with Gasteiger partial charge in [-0.1, -0.05) is 24.1 Å². The van der Waals surface area contributed by atoms with Crippen LogP contribution in [0.4, 0.5) is 21.6 Å². The second kappa shape index (κ2) is 8.46. The molecule has 0 radical (unpaired) electrons. The Balaban J connectivity index is 1.77. The Bertz CT molecular complexity index is 1220. The standard InChI is InChI=1S/C22H19FN4O2S/c1-29-21-10-14(4-8-20(21)28)13-3-7-18-16(9-13)22(25-12-24-18)26-19-11-15(27-30-2)5-6-17(19)23/h3-12,27-28H,1-2H3,(H,24,25,26). The molecule has 0 atom stereocenters. The molecular weight excluding hydrogens is 403 g/mol. The van der Waals surface area contributed by atoms with E-state index in [0.717, 1.165) is 27.7 Å².